The normalized spacial score (nSPS) is 33.1. The van der Waals surface area contributed by atoms with Crippen LogP contribution in [0.4, 0.5) is 0 Å². The minimum Gasteiger partial charge on any atom is -0.369 e. The molecule has 0 unspecified atom stereocenters. The molecule has 3 rings (SSSR count). The fraction of sp³-hybridized carbons (Fsp3) is 0.895. The Kier molecular flexibility index (Phi) is 5.99. The average Bonchev–Trinajstić information content (AvgIpc) is 3.20. The second-order valence-corrected chi connectivity index (χ2v) is 9.36. The standard InChI is InChI=1S/C19H32N2O3S/c1-4-7-25-11-17(22)20-9-14-15-10-21(18(23)8-13(2)3)12-19(15)6-5-16(14)24-19/h13-16H,4-12H2,1-3H3,(H,20,22)/t14-,15+,16+,19+/m0/s1. The summed E-state index contributed by atoms with van der Waals surface area (Å²) in [6.07, 6.45) is 4.10. The third-order valence-corrected chi connectivity index (χ3v) is 7.00. The van der Waals surface area contributed by atoms with Crippen LogP contribution < -0.4 is 5.32 Å². The minimum atomic E-state index is -0.135. The molecule has 3 saturated heterocycles. The van der Waals surface area contributed by atoms with Crippen LogP contribution in [0.5, 0.6) is 0 Å². The lowest BCUT2D eigenvalue weighted by atomic mass is 9.73. The van der Waals surface area contributed by atoms with E-state index >= 15 is 0 Å². The first-order chi connectivity index (χ1) is 11.9. The molecule has 1 N–H and O–H groups in total. The highest BCUT2D eigenvalue weighted by Crippen LogP contribution is 2.54. The Morgan fingerprint density at radius 3 is 2.92 bits per heavy atom. The highest BCUT2D eigenvalue weighted by molar-refractivity contribution is 7.99. The number of carbonyl (C=O) groups is 2. The molecule has 4 atom stereocenters. The van der Waals surface area contributed by atoms with Gasteiger partial charge in [0.1, 0.15) is 0 Å². The van der Waals surface area contributed by atoms with Crippen molar-refractivity contribution in [2.75, 3.05) is 31.1 Å². The fourth-order valence-corrected chi connectivity index (χ4v) is 5.44. The zero-order chi connectivity index (χ0) is 18.0. The Morgan fingerprint density at radius 1 is 1.40 bits per heavy atom. The van der Waals surface area contributed by atoms with Gasteiger partial charge < -0.3 is 15.0 Å². The molecule has 3 fully saturated rings. The number of nitrogens with one attached hydrogen (secondary N) is 1. The lowest BCUT2D eigenvalue weighted by Gasteiger charge is -2.29. The van der Waals surface area contributed by atoms with Gasteiger partial charge in [-0.3, -0.25) is 9.59 Å². The molecular weight excluding hydrogens is 336 g/mol. The van der Waals surface area contributed by atoms with Crippen molar-refractivity contribution >= 4 is 23.6 Å². The van der Waals surface area contributed by atoms with Gasteiger partial charge in [-0.05, 0) is 30.9 Å². The van der Waals surface area contributed by atoms with E-state index in [9.17, 15) is 9.59 Å². The first-order valence-electron chi connectivity index (χ1n) is 9.75. The third kappa shape index (κ3) is 4.00. The lowest BCUT2D eigenvalue weighted by molar-refractivity contribution is -0.132. The SMILES string of the molecule is CCCSCC(=O)NC[C@H]1[C@H]2CN(C(=O)CC(C)C)C[C@]23CC[C@H]1O3. The molecule has 5 nitrogen and oxygen atoms in total. The van der Waals surface area contributed by atoms with E-state index in [0.29, 0.717) is 36.5 Å². The summed E-state index contributed by atoms with van der Waals surface area (Å²) in [6.45, 7) is 8.54. The van der Waals surface area contributed by atoms with Crippen molar-refractivity contribution in [2.24, 2.45) is 17.8 Å². The monoisotopic (exact) mass is 368 g/mol. The number of hydrogen-bond donors (Lipinski definition) is 1. The van der Waals surface area contributed by atoms with Crippen LogP contribution >= 0.6 is 11.8 Å². The van der Waals surface area contributed by atoms with Crippen LogP contribution in [-0.2, 0) is 14.3 Å². The molecule has 0 saturated carbocycles. The highest BCUT2D eigenvalue weighted by atomic mass is 32.2. The average molecular weight is 369 g/mol. The van der Waals surface area contributed by atoms with Crippen LogP contribution in [0.15, 0.2) is 0 Å². The highest BCUT2D eigenvalue weighted by Gasteiger charge is 2.63. The molecule has 142 valence electrons. The van der Waals surface area contributed by atoms with Crippen molar-refractivity contribution in [3.8, 4) is 0 Å². The van der Waals surface area contributed by atoms with E-state index in [4.69, 9.17) is 4.74 Å². The van der Waals surface area contributed by atoms with Crippen molar-refractivity contribution in [1.82, 2.24) is 10.2 Å². The molecule has 3 aliphatic heterocycles. The van der Waals surface area contributed by atoms with Crippen LogP contribution in [0.25, 0.3) is 0 Å². The molecule has 0 aliphatic carbocycles. The maximum Gasteiger partial charge on any atom is 0.230 e. The van der Waals surface area contributed by atoms with E-state index in [2.05, 4.69) is 26.1 Å². The molecular formula is C19H32N2O3S. The number of amides is 2. The lowest BCUT2D eigenvalue weighted by Crippen LogP contribution is -2.42. The van der Waals surface area contributed by atoms with Crippen LogP contribution in [0.3, 0.4) is 0 Å². The van der Waals surface area contributed by atoms with E-state index in [1.807, 2.05) is 4.90 Å². The van der Waals surface area contributed by atoms with Gasteiger partial charge in [0, 0.05) is 31.3 Å². The Hall–Kier alpha value is -0.750. The van der Waals surface area contributed by atoms with Crippen molar-refractivity contribution in [3.63, 3.8) is 0 Å². The molecule has 0 aromatic heterocycles. The quantitative estimate of drug-likeness (QED) is 0.668. The van der Waals surface area contributed by atoms with Crippen molar-refractivity contribution in [1.29, 1.82) is 0 Å². The summed E-state index contributed by atoms with van der Waals surface area (Å²) in [5.74, 6) is 3.07. The first kappa shape index (κ1) is 19.0. The van der Waals surface area contributed by atoms with Gasteiger partial charge in [0.15, 0.2) is 0 Å². The van der Waals surface area contributed by atoms with Gasteiger partial charge in [-0.15, -0.1) is 0 Å². The number of carbonyl (C=O) groups excluding carboxylic acids is 2. The summed E-state index contributed by atoms with van der Waals surface area (Å²) in [7, 11) is 0. The third-order valence-electron chi connectivity index (χ3n) is 5.84. The zero-order valence-corrected chi connectivity index (χ0v) is 16.6. The Balaban J connectivity index is 1.54. The summed E-state index contributed by atoms with van der Waals surface area (Å²) in [4.78, 5) is 26.5. The van der Waals surface area contributed by atoms with Crippen LogP contribution in [0.1, 0.15) is 46.5 Å². The number of fused-ring (bicyclic) bond motifs is 1. The number of thioether (sulfide) groups is 1. The maximum absolute atomic E-state index is 12.5. The van der Waals surface area contributed by atoms with Gasteiger partial charge in [0.05, 0.1) is 24.0 Å². The molecule has 0 aromatic carbocycles. The van der Waals surface area contributed by atoms with Gasteiger partial charge >= 0.3 is 0 Å². The topological polar surface area (TPSA) is 58.6 Å². The summed E-state index contributed by atoms with van der Waals surface area (Å²) < 4.78 is 6.36. The zero-order valence-electron chi connectivity index (χ0n) is 15.8. The molecule has 2 amide bonds. The molecule has 3 aliphatic rings. The molecule has 0 aromatic rings. The maximum atomic E-state index is 12.5. The Labute approximate surface area is 155 Å². The summed E-state index contributed by atoms with van der Waals surface area (Å²) in [5.41, 5.74) is -0.135. The van der Waals surface area contributed by atoms with Crippen LogP contribution in [0.2, 0.25) is 0 Å². The predicted molar refractivity (Wildman–Crippen MR) is 100 cm³/mol. The van der Waals surface area contributed by atoms with E-state index in [0.717, 1.165) is 38.1 Å². The van der Waals surface area contributed by atoms with Gasteiger partial charge in [0.25, 0.3) is 0 Å². The van der Waals surface area contributed by atoms with E-state index in [1.165, 1.54) is 0 Å². The fourth-order valence-electron chi connectivity index (χ4n) is 4.72. The second-order valence-electron chi connectivity index (χ2n) is 8.26. The van der Waals surface area contributed by atoms with Crippen LogP contribution in [-0.4, -0.2) is 59.6 Å². The number of hydrogen-bond acceptors (Lipinski definition) is 4. The number of ether oxygens (including phenoxy) is 1. The smallest absolute Gasteiger partial charge is 0.230 e. The number of likely N-dealkylation sites (tertiary alicyclic amines) is 1. The van der Waals surface area contributed by atoms with Crippen molar-refractivity contribution in [3.05, 3.63) is 0 Å². The first-order valence-corrected chi connectivity index (χ1v) is 10.9. The molecule has 25 heavy (non-hydrogen) atoms. The Bertz CT molecular complexity index is 513. The van der Waals surface area contributed by atoms with Crippen LogP contribution in [0, 0.1) is 17.8 Å². The molecule has 2 bridgehead atoms. The van der Waals surface area contributed by atoms with Gasteiger partial charge in [-0.25, -0.2) is 0 Å². The second kappa shape index (κ2) is 7.87. The van der Waals surface area contributed by atoms with Crippen molar-refractivity contribution < 1.29 is 14.3 Å². The van der Waals surface area contributed by atoms with E-state index in [1.54, 1.807) is 11.8 Å². The molecule has 0 radical (unpaired) electrons. The molecule has 3 heterocycles. The van der Waals surface area contributed by atoms with Gasteiger partial charge in [-0.1, -0.05) is 20.8 Å². The summed E-state index contributed by atoms with van der Waals surface area (Å²) in [5, 5.41) is 3.11. The minimum absolute atomic E-state index is 0.126. The summed E-state index contributed by atoms with van der Waals surface area (Å²) >= 11 is 1.69. The predicted octanol–water partition coefficient (Wildman–Crippen LogP) is 2.30. The van der Waals surface area contributed by atoms with E-state index in [-0.39, 0.29) is 23.5 Å². The Morgan fingerprint density at radius 2 is 2.20 bits per heavy atom. The van der Waals surface area contributed by atoms with Crippen molar-refractivity contribution in [2.45, 2.75) is 58.2 Å². The number of nitrogens with zero attached hydrogens (tertiary/aromatic N) is 1. The largest absolute Gasteiger partial charge is 0.369 e. The molecule has 1 spiro atoms. The number of rotatable bonds is 8. The summed E-state index contributed by atoms with van der Waals surface area (Å²) in [6, 6.07) is 0. The molecule has 6 heteroatoms. The van der Waals surface area contributed by atoms with Gasteiger partial charge in [-0.2, -0.15) is 11.8 Å². The van der Waals surface area contributed by atoms with Gasteiger partial charge in [0.2, 0.25) is 11.8 Å². The van der Waals surface area contributed by atoms with E-state index < -0.39 is 0 Å².